The van der Waals surface area contributed by atoms with Gasteiger partial charge in [0.25, 0.3) is 0 Å². The van der Waals surface area contributed by atoms with E-state index in [0.29, 0.717) is 24.8 Å². The molecule has 19 heavy (non-hydrogen) atoms. The number of nitrogens with zero attached hydrogens (tertiary/aromatic N) is 1. The van der Waals surface area contributed by atoms with Crippen LogP contribution in [0.1, 0.15) is 14.3 Å². The topological polar surface area (TPSA) is 37.4 Å². The van der Waals surface area contributed by atoms with Crippen LogP contribution in [0.4, 0.5) is 0 Å². The third-order valence-electron chi connectivity index (χ3n) is 2.93. The molecule has 0 saturated carbocycles. The molecule has 9 heteroatoms. The molecular formula is C10H10Cl4KNO2S. The minimum atomic E-state index is -1.63. The molecule has 1 aliphatic carbocycles. The Morgan fingerprint density at radius 1 is 1.21 bits per heavy atom. The van der Waals surface area contributed by atoms with Gasteiger partial charge in [-0.05, 0) is 12.8 Å². The summed E-state index contributed by atoms with van der Waals surface area (Å²) in [6.07, 6.45) is 4.94. The number of amides is 2. The molecule has 2 atom stereocenters. The van der Waals surface area contributed by atoms with E-state index >= 15 is 0 Å². The zero-order valence-corrected chi connectivity index (χ0v) is 16.9. The van der Waals surface area contributed by atoms with Crippen molar-refractivity contribution in [3.63, 3.8) is 0 Å². The third kappa shape index (κ3) is 4.06. The molecule has 1 fully saturated rings. The fraction of sp³-hybridized carbons (Fsp3) is 0.600. The summed E-state index contributed by atoms with van der Waals surface area (Å²) in [6, 6.07) is 0. The smallest absolute Gasteiger partial charge is 1.00 e. The minimum Gasteiger partial charge on any atom is -1.00 e. The second-order valence-corrected chi connectivity index (χ2v) is 8.20. The van der Waals surface area contributed by atoms with Gasteiger partial charge in [-0.3, -0.25) is 9.59 Å². The molecule has 0 aromatic carbocycles. The summed E-state index contributed by atoms with van der Waals surface area (Å²) in [5.74, 6) is -1.19. The fourth-order valence-electron chi connectivity index (χ4n) is 2.02. The van der Waals surface area contributed by atoms with Gasteiger partial charge in [0, 0.05) is 11.9 Å². The molecule has 0 aromatic heterocycles. The van der Waals surface area contributed by atoms with Crippen LogP contribution in [0.25, 0.3) is 0 Å². The van der Waals surface area contributed by atoms with Crippen LogP contribution in [0.3, 0.4) is 0 Å². The molecule has 1 aliphatic heterocycles. The number of hydrogen-bond acceptors (Lipinski definition) is 3. The fourth-order valence-corrected chi connectivity index (χ4v) is 3.45. The summed E-state index contributed by atoms with van der Waals surface area (Å²) in [4.78, 5) is 23.1. The zero-order chi connectivity index (χ0) is 13.5. The van der Waals surface area contributed by atoms with Crippen molar-refractivity contribution in [3.05, 3.63) is 12.2 Å². The minimum absolute atomic E-state index is 0. The van der Waals surface area contributed by atoms with Crippen molar-refractivity contribution in [1.82, 2.24) is 4.31 Å². The summed E-state index contributed by atoms with van der Waals surface area (Å²) >= 11 is 23.7. The second kappa shape index (κ2) is 7.53. The SMILES string of the molecule is O=C1C2CC=CCC2C(=O)N1SC(Cl)(Cl)C(Cl)Cl.[H-].[K+]. The van der Waals surface area contributed by atoms with Gasteiger partial charge in [-0.1, -0.05) is 35.4 Å². The molecule has 0 aromatic rings. The van der Waals surface area contributed by atoms with Crippen LogP contribution in [0.2, 0.25) is 0 Å². The summed E-state index contributed by atoms with van der Waals surface area (Å²) in [6.45, 7) is 0. The number of carbonyl (C=O) groups excluding carboxylic acids is 2. The van der Waals surface area contributed by atoms with E-state index in [0.717, 1.165) is 4.31 Å². The Morgan fingerprint density at radius 3 is 2.00 bits per heavy atom. The molecule has 2 rings (SSSR count). The van der Waals surface area contributed by atoms with E-state index in [4.69, 9.17) is 46.4 Å². The van der Waals surface area contributed by atoms with Gasteiger partial charge >= 0.3 is 51.4 Å². The maximum Gasteiger partial charge on any atom is 1.00 e. The average molecular weight is 389 g/mol. The van der Waals surface area contributed by atoms with Gasteiger partial charge in [0.05, 0.1) is 11.8 Å². The van der Waals surface area contributed by atoms with Crippen molar-refractivity contribution in [3.8, 4) is 0 Å². The Labute approximate surface area is 179 Å². The predicted molar refractivity (Wildman–Crippen MR) is 75.8 cm³/mol. The molecule has 0 bridgehead atoms. The number of imide groups is 1. The van der Waals surface area contributed by atoms with Gasteiger partial charge in [-0.2, -0.15) is 0 Å². The number of alkyl halides is 4. The third-order valence-corrected chi connectivity index (χ3v) is 6.17. The molecule has 2 unspecified atom stereocenters. The van der Waals surface area contributed by atoms with Crippen LogP contribution in [-0.4, -0.2) is 24.6 Å². The van der Waals surface area contributed by atoms with E-state index in [1.165, 1.54) is 0 Å². The first kappa shape index (κ1) is 19.1. The zero-order valence-electron chi connectivity index (χ0n) is 11.0. The van der Waals surface area contributed by atoms with Gasteiger partial charge in [0.15, 0.2) is 4.84 Å². The first-order valence-corrected chi connectivity index (χ1v) is 7.62. The monoisotopic (exact) mass is 387 g/mol. The number of hydrogen-bond donors (Lipinski definition) is 0. The number of halogens is 4. The summed E-state index contributed by atoms with van der Waals surface area (Å²) < 4.78 is -0.630. The second-order valence-electron chi connectivity index (χ2n) is 4.08. The van der Waals surface area contributed by atoms with Crippen LogP contribution >= 0.6 is 58.4 Å². The molecule has 0 spiro atoms. The molecule has 1 saturated heterocycles. The van der Waals surface area contributed by atoms with E-state index < -0.39 is 8.50 Å². The maximum absolute atomic E-state index is 12.1. The molecular weight excluding hydrogens is 379 g/mol. The van der Waals surface area contributed by atoms with E-state index in [2.05, 4.69) is 0 Å². The van der Waals surface area contributed by atoms with E-state index in [-0.39, 0.29) is 76.5 Å². The van der Waals surface area contributed by atoms with Crippen molar-refractivity contribution in [2.24, 2.45) is 11.8 Å². The molecule has 2 amide bonds. The maximum atomic E-state index is 12.1. The van der Waals surface area contributed by atoms with Crippen molar-refractivity contribution in [2.75, 3.05) is 0 Å². The first-order valence-electron chi connectivity index (χ1n) is 5.22. The Bertz CT molecular complexity index is 398. The van der Waals surface area contributed by atoms with Gasteiger partial charge in [0.2, 0.25) is 15.5 Å². The van der Waals surface area contributed by atoms with Gasteiger partial charge in [-0.15, -0.1) is 23.2 Å². The molecule has 0 radical (unpaired) electrons. The average Bonchev–Trinajstić information content (AvgIpc) is 2.55. The van der Waals surface area contributed by atoms with Crippen molar-refractivity contribution < 1.29 is 62.4 Å². The Hall–Kier alpha value is 2.03. The number of rotatable bonds is 3. The molecule has 102 valence electrons. The molecule has 2 aliphatic rings. The van der Waals surface area contributed by atoms with Gasteiger partial charge < -0.3 is 1.43 Å². The Kier molecular flexibility index (Phi) is 7.56. The Balaban J connectivity index is 0.00000180. The van der Waals surface area contributed by atoms with Gasteiger partial charge in [-0.25, -0.2) is 4.31 Å². The van der Waals surface area contributed by atoms with Crippen molar-refractivity contribution >= 4 is 70.2 Å². The summed E-state index contributed by atoms with van der Waals surface area (Å²) in [5, 5.41) is 0. The number of carbonyl (C=O) groups is 2. The molecule has 0 N–H and O–H groups in total. The predicted octanol–water partition coefficient (Wildman–Crippen LogP) is 0.637. The van der Waals surface area contributed by atoms with Crippen LogP contribution in [0, 0.1) is 11.8 Å². The number of allylic oxidation sites excluding steroid dienone is 2. The van der Waals surface area contributed by atoms with Crippen molar-refractivity contribution in [2.45, 2.75) is 21.3 Å². The number of fused-ring (bicyclic) bond motifs is 1. The molecule has 1 heterocycles. The Morgan fingerprint density at radius 2 is 1.63 bits per heavy atom. The van der Waals surface area contributed by atoms with E-state index in [1.54, 1.807) is 0 Å². The van der Waals surface area contributed by atoms with Crippen molar-refractivity contribution in [1.29, 1.82) is 0 Å². The summed E-state index contributed by atoms with van der Waals surface area (Å²) in [7, 11) is 0. The summed E-state index contributed by atoms with van der Waals surface area (Å²) in [5.41, 5.74) is 0. The van der Waals surface area contributed by atoms with Crippen LogP contribution in [0.5, 0.6) is 0 Å². The largest absolute Gasteiger partial charge is 1.00 e. The normalized spacial score (nSPS) is 26.7. The quantitative estimate of drug-likeness (QED) is 0.234. The van der Waals surface area contributed by atoms with E-state index in [9.17, 15) is 9.59 Å². The first-order chi connectivity index (χ1) is 8.34. The molecule has 3 nitrogen and oxygen atoms in total. The van der Waals surface area contributed by atoms with Crippen LogP contribution in [-0.2, 0) is 9.59 Å². The van der Waals surface area contributed by atoms with Gasteiger partial charge in [0.1, 0.15) is 0 Å². The van der Waals surface area contributed by atoms with Crippen LogP contribution < -0.4 is 51.4 Å². The van der Waals surface area contributed by atoms with Crippen LogP contribution in [0.15, 0.2) is 12.2 Å². The standard InChI is InChI=1S/C10H9Cl4NO2S.K.H/c11-9(12)10(13,14)18-15-7(16)5-3-1-2-4-6(5)8(15)17;;/h1-2,5-6,9H,3-4H2;;/q;+1;-1. The van der Waals surface area contributed by atoms with E-state index in [1.807, 2.05) is 12.2 Å².